The van der Waals surface area contributed by atoms with Crippen LogP contribution in [0.1, 0.15) is 29.5 Å². The Balaban J connectivity index is 1.35. The quantitative estimate of drug-likeness (QED) is 0.393. The fourth-order valence-electron chi connectivity index (χ4n) is 5.08. The summed E-state index contributed by atoms with van der Waals surface area (Å²) in [7, 11) is 0. The SMILES string of the molecule is C1=C(c2ccc(-c3nnc(-c4ccc(C5=CCNCC5)cc4)n3Cc3ccccc3)cc2)CCNC1. The molecule has 0 amide bonds. The van der Waals surface area contributed by atoms with Crippen molar-refractivity contribution in [2.24, 2.45) is 0 Å². The Hall–Kier alpha value is -3.80. The summed E-state index contributed by atoms with van der Waals surface area (Å²) >= 11 is 0. The predicted molar refractivity (Wildman–Crippen MR) is 147 cm³/mol. The number of nitrogens with one attached hydrogen (secondary N) is 2. The van der Waals surface area contributed by atoms with E-state index < -0.39 is 0 Å². The van der Waals surface area contributed by atoms with Gasteiger partial charge in [0.2, 0.25) is 0 Å². The summed E-state index contributed by atoms with van der Waals surface area (Å²) in [4.78, 5) is 0. The second kappa shape index (κ2) is 10.4. The molecule has 2 aliphatic heterocycles. The summed E-state index contributed by atoms with van der Waals surface area (Å²) in [5, 5.41) is 16.1. The summed E-state index contributed by atoms with van der Waals surface area (Å²) in [6, 6.07) is 28.1. The third-order valence-electron chi connectivity index (χ3n) is 7.09. The van der Waals surface area contributed by atoms with Crippen molar-refractivity contribution in [2.75, 3.05) is 26.2 Å². The summed E-state index contributed by atoms with van der Waals surface area (Å²) in [6.07, 6.45) is 6.71. The van der Waals surface area contributed by atoms with E-state index in [1.54, 1.807) is 0 Å². The lowest BCUT2D eigenvalue weighted by atomic mass is 9.98. The number of aromatic nitrogens is 3. The lowest BCUT2D eigenvalue weighted by molar-refractivity contribution is 0.738. The van der Waals surface area contributed by atoms with E-state index in [1.165, 1.54) is 27.8 Å². The van der Waals surface area contributed by atoms with Crippen molar-refractivity contribution in [3.05, 3.63) is 108 Å². The third kappa shape index (κ3) is 4.81. The molecule has 0 radical (unpaired) electrons. The molecule has 3 heterocycles. The molecule has 1 aromatic heterocycles. The summed E-state index contributed by atoms with van der Waals surface area (Å²) < 4.78 is 2.24. The van der Waals surface area contributed by atoms with Crippen molar-refractivity contribution in [3.63, 3.8) is 0 Å². The highest BCUT2D eigenvalue weighted by molar-refractivity contribution is 5.72. The van der Waals surface area contributed by atoms with Gasteiger partial charge in [0.05, 0.1) is 6.54 Å². The van der Waals surface area contributed by atoms with Gasteiger partial charge < -0.3 is 15.2 Å². The summed E-state index contributed by atoms with van der Waals surface area (Å²) in [6.45, 7) is 4.68. The molecule has 6 rings (SSSR count). The first kappa shape index (κ1) is 22.7. The standard InChI is InChI=1S/C31H31N5/c1-2-4-23(5-3-1)22-36-30(28-10-6-24(7-11-28)26-14-18-32-19-15-26)34-35-31(36)29-12-8-25(9-13-29)27-16-20-33-21-17-27/h1-14,16,32-33H,15,17-22H2. The zero-order valence-electron chi connectivity index (χ0n) is 20.5. The van der Waals surface area contributed by atoms with Crippen LogP contribution in [0.15, 0.2) is 91.0 Å². The summed E-state index contributed by atoms with van der Waals surface area (Å²) in [5.74, 6) is 1.79. The van der Waals surface area contributed by atoms with Gasteiger partial charge in [-0.25, -0.2) is 0 Å². The van der Waals surface area contributed by atoms with Crippen molar-refractivity contribution in [1.82, 2.24) is 25.4 Å². The van der Waals surface area contributed by atoms with Crippen LogP contribution in [0.3, 0.4) is 0 Å². The minimum atomic E-state index is 0.718. The average Bonchev–Trinajstić information content (AvgIpc) is 3.38. The lowest BCUT2D eigenvalue weighted by Crippen LogP contribution is -2.19. The molecule has 36 heavy (non-hydrogen) atoms. The number of benzene rings is 3. The van der Waals surface area contributed by atoms with Gasteiger partial charge >= 0.3 is 0 Å². The van der Waals surface area contributed by atoms with Crippen LogP contribution in [-0.2, 0) is 6.54 Å². The highest BCUT2D eigenvalue weighted by Crippen LogP contribution is 2.29. The Morgan fingerprint density at radius 1 is 0.583 bits per heavy atom. The average molecular weight is 474 g/mol. The Labute approximate surface area is 212 Å². The molecule has 0 fully saturated rings. The van der Waals surface area contributed by atoms with Crippen LogP contribution in [0, 0.1) is 0 Å². The molecule has 2 N–H and O–H groups in total. The Morgan fingerprint density at radius 3 is 1.50 bits per heavy atom. The van der Waals surface area contributed by atoms with E-state index >= 15 is 0 Å². The fourth-order valence-corrected chi connectivity index (χ4v) is 5.08. The van der Waals surface area contributed by atoms with Crippen LogP contribution in [0.25, 0.3) is 33.9 Å². The van der Waals surface area contributed by atoms with Crippen LogP contribution >= 0.6 is 0 Å². The van der Waals surface area contributed by atoms with Gasteiger partial charge in [-0.15, -0.1) is 10.2 Å². The van der Waals surface area contributed by atoms with Gasteiger partial charge in [-0.2, -0.15) is 0 Å². The van der Waals surface area contributed by atoms with Gasteiger partial charge in [0.15, 0.2) is 11.6 Å². The first-order valence-corrected chi connectivity index (χ1v) is 12.8. The maximum Gasteiger partial charge on any atom is 0.164 e. The second-order valence-electron chi connectivity index (χ2n) is 9.44. The molecule has 2 aliphatic rings. The van der Waals surface area contributed by atoms with E-state index in [2.05, 4.69) is 116 Å². The molecule has 0 saturated carbocycles. The zero-order valence-corrected chi connectivity index (χ0v) is 20.5. The van der Waals surface area contributed by atoms with Crippen molar-refractivity contribution in [2.45, 2.75) is 19.4 Å². The Kier molecular flexibility index (Phi) is 6.57. The molecule has 180 valence electrons. The van der Waals surface area contributed by atoms with Crippen LogP contribution < -0.4 is 10.6 Å². The minimum Gasteiger partial charge on any atom is -0.313 e. The Bertz CT molecular complexity index is 1290. The topological polar surface area (TPSA) is 54.8 Å². The summed E-state index contributed by atoms with van der Waals surface area (Å²) in [5.41, 5.74) is 8.80. The molecule has 5 heteroatoms. The van der Waals surface area contributed by atoms with E-state index in [0.29, 0.717) is 0 Å². The molecule has 3 aromatic carbocycles. The minimum absolute atomic E-state index is 0.718. The monoisotopic (exact) mass is 473 g/mol. The zero-order chi connectivity index (χ0) is 24.2. The van der Waals surface area contributed by atoms with E-state index in [0.717, 1.165) is 68.3 Å². The molecule has 0 bridgehead atoms. The van der Waals surface area contributed by atoms with Gasteiger partial charge in [0.1, 0.15) is 0 Å². The maximum absolute atomic E-state index is 4.68. The van der Waals surface area contributed by atoms with Gasteiger partial charge in [-0.05, 0) is 53.8 Å². The van der Waals surface area contributed by atoms with Gasteiger partial charge in [0, 0.05) is 24.2 Å². The number of rotatable bonds is 6. The van der Waals surface area contributed by atoms with Crippen LogP contribution in [0.2, 0.25) is 0 Å². The largest absolute Gasteiger partial charge is 0.313 e. The van der Waals surface area contributed by atoms with E-state index in [9.17, 15) is 0 Å². The highest BCUT2D eigenvalue weighted by Gasteiger charge is 2.17. The fraction of sp³-hybridized carbons (Fsp3) is 0.226. The molecule has 0 saturated heterocycles. The van der Waals surface area contributed by atoms with E-state index in [1.807, 2.05) is 0 Å². The normalized spacial score (nSPS) is 15.9. The molecule has 0 spiro atoms. The highest BCUT2D eigenvalue weighted by atomic mass is 15.3. The van der Waals surface area contributed by atoms with Crippen LogP contribution in [-0.4, -0.2) is 40.9 Å². The molecule has 0 unspecified atom stereocenters. The number of nitrogens with zero attached hydrogens (tertiary/aromatic N) is 3. The first-order valence-electron chi connectivity index (χ1n) is 12.8. The smallest absolute Gasteiger partial charge is 0.164 e. The molecule has 5 nitrogen and oxygen atoms in total. The molecule has 4 aromatic rings. The van der Waals surface area contributed by atoms with Crippen LogP contribution in [0.4, 0.5) is 0 Å². The molecular formula is C31H31N5. The van der Waals surface area contributed by atoms with Gasteiger partial charge in [0.25, 0.3) is 0 Å². The molecule has 0 aliphatic carbocycles. The number of hydrogen-bond donors (Lipinski definition) is 2. The lowest BCUT2D eigenvalue weighted by Gasteiger charge is -2.15. The van der Waals surface area contributed by atoms with E-state index in [-0.39, 0.29) is 0 Å². The van der Waals surface area contributed by atoms with Crippen molar-refractivity contribution in [3.8, 4) is 22.8 Å². The molecule has 0 atom stereocenters. The second-order valence-corrected chi connectivity index (χ2v) is 9.44. The van der Waals surface area contributed by atoms with Gasteiger partial charge in [-0.3, -0.25) is 0 Å². The predicted octanol–water partition coefficient (Wildman–Crippen LogP) is 5.41. The first-order chi connectivity index (χ1) is 17.8. The third-order valence-corrected chi connectivity index (χ3v) is 7.09. The van der Waals surface area contributed by atoms with Crippen molar-refractivity contribution in [1.29, 1.82) is 0 Å². The Morgan fingerprint density at radius 2 is 1.06 bits per heavy atom. The van der Waals surface area contributed by atoms with Crippen molar-refractivity contribution >= 4 is 11.1 Å². The maximum atomic E-state index is 4.68. The number of hydrogen-bond acceptors (Lipinski definition) is 4. The van der Waals surface area contributed by atoms with Gasteiger partial charge in [-0.1, -0.05) is 91.0 Å². The van der Waals surface area contributed by atoms with Crippen LogP contribution in [0.5, 0.6) is 0 Å². The molecular weight excluding hydrogens is 442 g/mol. The van der Waals surface area contributed by atoms with Crippen molar-refractivity contribution < 1.29 is 0 Å². The van der Waals surface area contributed by atoms with E-state index in [4.69, 9.17) is 0 Å².